The molecule has 0 fully saturated rings. The average Bonchev–Trinajstić information content (AvgIpc) is 3.00. The van der Waals surface area contributed by atoms with Gasteiger partial charge in [-0.3, -0.25) is 4.79 Å². The first kappa shape index (κ1) is 14.6. The van der Waals surface area contributed by atoms with Gasteiger partial charge in [0, 0.05) is 16.6 Å². The topological polar surface area (TPSA) is 50.4 Å². The molecule has 4 heteroatoms. The highest BCUT2D eigenvalue weighted by Gasteiger charge is 2.20. The summed E-state index contributed by atoms with van der Waals surface area (Å²) in [6.07, 6.45) is 0. The molecule has 0 bridgehead atoms. The maximum absolute atomic E-state index is 12.7. The van der Waals surface area contributed by atoms with Gasteiger partial charge in [0.15, 0.2) is 5.76 Å². The number of quaternary nitrogens is 1. The Labute approximate surface area is 129 Å². The molecule has 1 atom stereocenters. The summed E-state index contributed by atoms with van der Waals surface area (Å²) in [5.41, 5.74) is 2.76. The van der Waals surface area contributed by atoms with Crippen LogP contribution in [0, 0.1) is 13.8 Å². The molecule has 0 amide bonds. The summed E-state index contributed by atoms with van der Waals surface area (Å²) in [6.45, 7) is 5.04. The Bertz CT molecular complexity index is 813. The van der Waals surface area contributed by atoms with Crippen molar-refractivity contribution in [1.82, 2.24) is 4.98 Å². The molecule has 0 radical (unpaired) electrons. The average molecular weight is 297 g/mol. The lowest BCUT2D eigenvalue weighted by Gasteiger charge is -2.11. The molecule has 2 aromatic heterocycles. The van der Waals surface area contributed by atoms with Gasteiger partial charge in [0.05, 0.1) is 12.6 Å². The number of furan rings is 1. The number of fused-ring (bicyclic) bond motifs is 1. The van der Waals surface area contributed by atoms with Crippen LogP contribution in [0.15, 0.2) is 40.8 Å². The van der Waals surface area contributed by atoms with E-state index in [9.17, 15) is 4.79 Å². The highest BCUT2D eigenvalue weighted by Crippen LogP contribution is 2.21. The highest BCUT2D eigenvalue weighted by atomic mass is 16.3. The Morgan fingerprint density at radius 1 is 1.18 bits per heavy atom. The quantitative estimate of drug-likeness (QED) is 0.710. The summed E-state index contributed by atoms with van der Waals surface area (Å²) in [4.78, 5) is 17.1. The van der Waals surface area contributed by atoms with Crippen molar-refractivity contribution in [3.63, 3.8) is 0 Å². The number of Topliss-reactive ketones (excluding diaryl/α,β-unsaturated/α-hetero) is 1. The van der Waals surface area contributed by atoms with E-state index < -0.39 is 0 Å². The molecule has 2 heterocycles. The first-order chi connectivity index (χ1) is 10.5. The van der Waals surface area contributed by atoms with Crippen molar-refractivity contribution in [2.24, 2.45) is 0 Å². The minimum absolute atomic E-state index is 0.163. The highest BCUT2D eigenvalue weighted by molar-refractivity contribution is 6.09. The molecule has 0 spiro atoms. The fourth-order valence-electron chi connectivity index (χ4n) is 2.94. The van der Waals surface area contributed by atoms with E-state index in [-0.39, 0.29) is 5.78 Å². The van der Waals surface area contributed by atoms with Crippen LogP contribution in [0.2, 0.25) is 0 Å². The molecule has 0 aliphatic carbocycles. The summed E-state index contributed by atoms with van der Waals surface area (Å²) in [7, 11) is 2.01. The number of para-hydroxylation sites is 1. The van der Waals surface area contributed by atoms with Gasteiger partial charge in [0.2, 0.25) is 5.78 Å². The second-order valence-corrected chi connectivity index (χ2v) is 5.92. The lowest BCUT2D eigenvalue weighted by molar-refractivity contribution is -0.885. The van der Waals surface area contributed by atoms with Gasteiger partial charge in [-0.1, -0.05) is 18.2 Å². The zero-order valence-corrected chi connectivity index (χ0v) is 13.2. The van der Waals surface area contributed by atoms with Crippen LogP contribution in [0.5, 0.6) is 0 Å². The number of benzene rings is 1. The van der Waals surface area contributed by atoms with Crippen molar-refractivity contribution in [2.45, 2.75) is 20.4 Å². The van der Waals surface area contributed by atoms with Gasteiger partial charge in [-0.25, -0.2) is 0 Å². The smallest absolute Gasteiger partial charge is 0.219 e. The Hall–Kier alpha value is -2.33. The summed E-state index contributed by atoms with van der Waals surface area (Å²) >= 11 is 0. The van der Waals surface area contributed by atoms with Crippen LogP contribution in [-0.2, 0) is 6.54 Å². The Kier molecular flexibility index (Phi) is 3.86. The zero-order valence-electron chi connectivity index (χ0n) is 13.2. The van der Waals surface area contributed by atoms with Crippen LogP contribution in [0.4, 0.5) is 0 Å². The molecule has 1 unspecified atom stereocenters. The maximum atomic E-state index is 12.7. The molecule has 0 saturated carbocycles. The third-order valence-electron chi connectivity index (χ3n) is 3.91. The van der Waals surface area contributed by atoms with E-state index in [1.807, 2.05) is 57.3 Å². The second kappa shape index (κ2) is 5.81. The second-order valence-electron chi connectivity index (χ2n) is 5.92. The van der Waals surface area contributed by atoms with Crippen LogP contribution < -0.4 is 4.90 Å². The number of hydrogen-bond acceptors (Lipinski definition) is 2. The summed E-state index contributed by atoms with van der Waals surface area (Å²) in [5, 5.41) is 1.01. The van der Waals surface area contributed by atoms with E-state index in [0.29, 0.717) is 13.1 Å². The summed E-state index contributed by atoms with van der Waals surface area (Å²) in [5.74, 6) is 1.98. The molecular formula is C18H21N2O2+. The van der Waals surface area contributed by atoms with Crippen molar-refractivity contribution in [1.29, 1.82) is 0 Å². The van der Waals surface area contributed by atoms with Crippen LogP contribution in [0.3, 0.4) is 0 Å². The zero-order chi connectivity index (χ0) is 15.7. The van der Waals surface area contributed by atoms with Gasteiger partial charge in [0.25, 0.3) is 0 Å². The number of nitrogens with one attached hydrogen (secondary N) is 2. The van der Waals surface area contributed by atoms with E-state index in [0.717, 1.165) is 38.6 Å². The van der Waals surface area contributed by atoms with Crippen molar-refractivity contribution in [3.05, 3.63) is 59.2 Å². The predicted molar refractivity (Wildman–Crippen MR) is 86.3 cm³/mol. The molecular weight excluding hydrogens is 276 g/mol. The molecule has 0 saturated heterocycles. The lowest BCUT2D eigenvalue weighted by Crippen LogP contribution is -3.08. The van der Waals surface area contributed by atoms with Gasteiger partial charge in [0.1, 0.15) is 18.8 Å². The van der Waals surface area contributed by atoms with Gasteiger partial charge in [-0.2, -0.15) is 0 Å². The largest absolute Gasteiger partial charge is 0.460 e. The van der Waals surface area contributed by atoms with Crippen molar-refractivity contribution >= 4 is 16.7 Å². The first-order valence-electron chi connectivity index (χ1n) is 7.51. The van der Waals surface area contributed by atoms with E-state index >= 15 is 0 Å². The van der Waals surface area contributed by atoms with Crippen molar-refractivity contribution < 1.29 is 14.1 Å². The van der Waals surface area contributed by atoms with Crippen LogP contribution >= 0.6 is 0 Å². The molecule has 114 valence electrons. The number of aromatic amines is 1. The fourth-order valence-corrected chi connectivity index (χ4v) is 2.94. The fraction of sp³-hybridized carbons (Fsp3) is 0.278. The number of rotatable bonds is 5. The number of carbonyl (C=O) groups is 1. The number of carbonyl (C=O) groups excluding carboxylic acids is 1. The molecule has 2 N–H and O–H groups in total. The number of ketones is 1. The normalized spacial score (nSPS) is 12.7. The predicted octanol–water partition coefficient (Wildman–Crippen LogP) is 2.28. The van der Waals surface area contributed by atoms with Crippen LogP contribution in [0.1, 0.15) is 27.6 Å². The van der Waals surface area contributed by atoms with E-state index in [2.05, 4.69) is 4.98 Å². The summed E-state index contributed by atoms with van der Waals surface area (Å²) in [6, 6.07) is 11.9. The number of aromatic nitrogens is 1. The van der Waals surface area contributed by atoms with Gasteiger partial charge >= 0.3 is 0 Å². The molecule has 4 nitrogen and oxygen atoms in total. The van der Waals surface area contributed by atoms with E-state index in [1.54, 1.807) is 0 Å². The standard InChI is InChI=1S/C18H20N2O2/c1-12-8-9-14(22-12)10-20(3)11-17(21)18-13(2)19-16-7-5-4-6-15(16)18/h4-9,19H,10-11H2,1-3H3/p+1. The molecule has 22 heavy (non-hydrogen) atoms. The molecule has 3 aromatic rings. The van der Waals surface area contributed by atoms with Gasteiger partial charge in [-0.05, 0) is 32.0 Å². The van der Waals surface area contributed by atoms with E-state index in [1.165, 1.54) is 0 Å². The number of H-pyrrole nitrogens is 1. The third-order valence-corrected chi connectivity index (χ3v) is 3.91. The molecule has 3 rings (SSSR count). The monoisotopic (exact) mass is 297 g/mol. The van der Waals surface area contributed by atoms with Crippen LogP contribution in [-0.4, -0.2) is 24.4 Å². The number of hydrogen-bond donors (Lipinski definition) is 2. The van der Waals surface area contributed by atoms with Gasteiger partial charge < -0.3 is 14.3 Å². The Morgan fingerprint density at radius 3 is 2.68 bits per heavy atom. The molecule has 0 aliphatic rings. The Morgan fingerprint density at radius 2 is 1.95 bits per heavy atom. The third kappa shape index (κ3) is 2.83. The lowest BCUT2D eigenvalue weighted by atomic mass is 10.1. The van der Waals surface area contributed by atoms with Gasteiger partial charge in [-0.15, -0.1) is 0 Å². The molecule has 1 aromatic carbocycles. The number of likely N-dealkylation sites (N-methyl/N-ethyl adjacent to an activating group) is 1. The SMILES string of the molecule is Cc1ccc(C[NH+](C)CC(=O)c2c(C)[nH]c3ccccc23)o1. The Balaban J connectivity index is 1.77. The van der Waals surface area contributed by atoms with E-state index in [4.69, 9.17) is 4.42 Å². The van der Waals surface area contributed by atoms with Crippen molar-refractivity contribution in [3.8, 4) is 0 Å². The van der Waals surface area contributed by atoms with Crippen molar-refractivity contribution in [2.75, 3.05) is 13.6 Å². The van der Waals surface area contributed by atoms with Crippen LogP contribution in [0.25, 0.3) is 10.9 Å². The maximum Gasteiger partial charge on any atom is 0.219 e. The molecule has 0 aliphatic heterocycles. The summed E-state index contributed by atoms with van der Waals surface area (Å²) < 4.78 is 5.58. The minimum atomic E-state index is 0.163. The first-order valence-corrected chi connectivity index (χ1v) is 7.51. The minimum Gasteiger partial charge on any atom is -0.460 e. The number of aryl methyl sites for hydroxylation is 2.